The van der Waals surface area contributed by atoms with Crippen molar-refractivity contribution < 1.29 is 19.4 Å². The van der Waals surface area contributed by atoms with Crippen molar-refractivity contribution in [3.8, 4) is 5.75 Å². The van der Waals surface area contributed by atoms with E-state index in [4.69, 9.17) is 11.6 Å². The van der Waals surface area contributed by atoms with E-state index in [-0.39, 0.29) is 23.1 Å². The third-order valence-corrected chi connectivity index (χ3v) is 4.74. The number of thiophene rings is 1. The zero-order valence-electron chi connectivity index (χ0n) is 11.9. The van der Waals surface area contributed by atoms with Gasteiger partial charge in [0.2, 0.25) is 0 Å². The van der Waals surface area contributed by atoms with Crippen molar-refractivity contribution in [2.75, 3.05) is 13.7 Å². The number of aromatic hydroxyl groups is 1. The largest absolute Gasteiger partial charge is 0.504 e. The second kappa shape index (κ2) is 6.02. The molecule has 0 aliphatic rings. The van der Waals surface area contributed by atoms with Crippen molar-refractivity contribution >= 4 is 55.0 Å². The zero-order chi connectivity index (χ0) is 16.6. The minimum atomic E-state index is -0.700. The number of methoxy groups -OCH3 is 1. The average Bonchev–Trinajstić information content (AvgIpc) is 2.95. The molecule has 0 aliphatic carbocycles. The van der Waals surface area contributed by atoms with Gasteiger partial charge in [0.05, 0.1) is 11.8 Å². The Hall–Kier alpha value is -2.38. The second-order valence-electron chi connectivity index (χ2n) is 4.66. The van der Waals surface area contributed by atoms with Crippen LogP contribution in [-0.4, -0.2) is 35.6 Å². The van der Waals surface area contributed by atoms with E-state index in [1.165, 1.54) is 18.4 Å². The maximum absolute atomic E-state index is 12.1. The fraction of sp³-hybridized carbons (Fsp3) is 0.133. The first-order chi connectivity index (χ1) is 11.0. The van der Waals surface area contributed by atoms with Crippen molar-refractivity contribution in [3.05, 3.63) is 35.1 Å². The lowest BCUT2D eigenvalue weighted by molar-refractivity contribution is -0.139. The lowest BCUT2D eigenvalue weighted by atomic mass is 10.1. The van der Waals surface area contributed by atoms with Gasteiger partial charge in [0.1, 0.15) is 11.7 Å². The molecule has 3 rings (SSSR count). The van der Waals surface area contributed by atoms with E-state index in [0.29, 0.717) is 10.1 Å². The van der Waals surface area contributed by atoms with Gasteiger partial charge in [-0.05, 0) is 6.07 Å². The Morgan fingerprint density at radius 3 is 2.87 bits per heavy atom. The normalized spacial score (nSPS) is 10.9. The van der Waals surface area contributed by atoms with Crippen LogP contribution in [0.5, 0.6) is 5.75 Å². The molecule has 0 bridgehead atoms. The van der Waals surface area contributed by atoms with Gasteiger partial charge in [0.15, 0.2) is 11.4 Å². The van der Waals surface area contributed by atoms with Gasteiger partial charge in [-0.3, -0.25) is 9.59 Å². The Kier molecular flexibility index (Phi) is 4.06. The van der Waals surface area contributed by atoms with E-state index < -0.39 is 11.9 Å². The number of hydrogen-bond donors (Lipinski definition) is 2. The highest BCUT2D eigenvalue weighted by Gasteiger charge is 2.22. The van der Waals surface area contributed by atoms with Crippen LogP contribution < -0.4 is 5.32 Å². The number of halogens is 1. The molecule has 8 heteroatoms. The van der Waals surface area contributed by atoms with Crippen LogP contribution in [0.25, 0.3) is 20.2 Å². The number of fused-ring (bicyclic) bond motifs is 3. The number of hydrogen-bond acceptors (Lipinski definition) is 6. The molecule has 0 aliphatic heterocycles. The number of amides is 1. The highest BCUT2D eigenvalue weighted by atomic mass is 35.5. The number of pyridine rings is 1. The summed E-state index contributed by atoms with van der Waals surface area (Å²) in [5.41, 5.74) is -0.224. The van der Waals surface area contributed by atoms with Crippen molar-refractivity contribution in [1.82, 2.24) is 10.3 Å². The van der Waals surface area contributed by atoms with Crippen molar-refractivity contribution in [2.24, 2.45) is 0 Å². The summed E-state index contributed by atoms with van der Waals surface area (Å²) < 4.78 is 5.85. The van der Waals surface area contributed by atoms with E-state index in [1.54, 1.807) is 0 Å². The number of aromatic nitrogens is 1. The summed E-state index contributed by atoms with van der Waals surface area (Å²) in [6.45, 7) is -0.321. The Morgan fingerprint density at radius 1 is 1.39 bits per heavy atom. The summed E-state index contributed by atoms with van der Waals surface area (Å²) in [6.07, 6.45) is 0. The zero-order valence-corrected chi connectivity index (χ0v) is 13.5. The molecule has 0 spiro atoms. The van der Waals surface area contributed by atoms with Crippen LogP contribution >= 0.6 is 22.9 Å². The summed E-state index contributed by atoms with van der Waals surface area (Å²) >= 11 is 7.52. The van der Waals surface area contributed by atoms with Crippen LogP contribution in [-0.2, 0) is 9.53 Å². The number of carbonyl (C=O) groups excluding carboxylic acids is 2. The van der Waals surface area contributed by atoms with Gasteiger partial charge in [-0.15, -0.1) is 11.3 Å². The van der Waals surface area contributed by atoms with Crippen LogP contribution in [0.15, 0.2) is 24.3 Å². The number of carbonyl (C=O) groups is 2. The number of esters is 1. The molecule has 0 radical (unpaired) electrons. The van der Waals surface area contributed by atoms with Crippen LogP contribution in [0.3, 0.4) is 0 Å². The molecule has 1 amide bonds. The molecule has 0 unspecified atom stereocenters. The molecule has 2 N–H and O–H groups in total. The highest BCUT2D eigenvalue weighted by Crippen LogP contribution is 2.42. The lowest BCUT2D eigenvalue weighted by Gasteiger charge is -2.07. The Labute approximate surface area is 139 Å². The van der Waals surface area contributed by atoms with Gasteiger partial charge in [-0.25, -0.2) is 4.98 Å². The Balaban J connectivity index is 2.09. The monoisotopic (exact) mass is 350 g/mol. The fourth-order valence-corrected chi connectivity index (χ4v) is 3.68. The lowest BCUT2D eigenvalue weighted by Crippen LogP contribution is -2.30. The first-order valence-corrected chi connectivity index (χ1v) is 7.77. The minimum absolute atomic E-state index is 0.124. The molecule has 23 heavy (non-hydrogen) atoms. The Bertz CT molecular complexity index is 938. The molecule has 0 fully saturated rings. The summed E-state index contributed by atoms with van der Waals surface area (Å²) in [4.78, 5) is 27.2. The molecule has 3 aromatic rings. The van der Waals surface area contributed by atoms with E-state index in [1.807, 2.05) is 24.3 Å². The summed E-state index contributed by atoms with van der Waals surface area (Å²) in [6, 6.07) is 7.50. The van der Waals surface area contributed by atoms with E-state index in [2.05, 4.69) is 15.0 Å². The smallest absolute Gasteiger partial charge is 0.325 e. The van der Waals surface area contributed by atoms with Gasteiger partial charge >= 0.3 is 5.97 Å². The van der Waals surface area contributed by atoms with Crippen molar-refractivity contribution in [2.45, 2.75) is 0 Å². The number of benzene rings is 1. The molecule has 1 aromatic carbocycles. The van der Waals surface area contributed by atoms with Crippen LogP contribution in [0.4, 0.5) is 0 Å². The molecule has 6 nitrogen and oxygen atoms in total. The van der Waals surface area contributed by atoms with Gasteiger partial charge < -0.3 is 15.2 Å². The molecule has 2 heterocycles. The van der Waals surface area contributed by atoms with Gasteiger partial charge in [0.25, 0.3) is 5.91 Å². The van der Waals surface area contributed by atoms with E-state index in [0.717, 1.165) is 10.1 Å². The second-order valence-corrected chi connectivity index (χ2v) is 6.07. The third kappa shape index (κ3) is 2.69. The standard InChI is InChI=1S/C15H11ClN2O4S/c1-22-9(19)6-17-15(21)11-12(20)13-10(14(16)18-11)7-4-2-3-5-8(7)23-13/h2-5,20H,6H2,1H3,(H,17,21). The number of ether oxygens (including phenoxy) is 1. The quantitative estimate of drug-likeness (QED) is 0.560. The van der Waals surface area contributed by atoms with Crippen molar-refractivity contribution in [3.63, 3.8) is 0 Å². The first-order valence-electron chi connectivity index (χ1n) is 6.57. The fourth-order valence-electron chi connectivity index (χ4n) is 2.20. The average molecular weight is 351 g/mol. The summed E-state index contributed by atoms with van der Waals surface area (Å²) in [7, 11) is 1.21. The topological polar surface area (TPSA) is 88.5 Å². The van der Waals surface area contributed by atoms with Crippen LogP contribution in [0.2, 0.25) is 5.15 Å². The molecular formula is C15H11ClN2O4S. The van der Waals surface area contributed by atoms with E-state index >= 15 is 0 Å². The molecule has 0 saturated carbocycles. The molecule has 118 valence electrons. The van der Waals surface area contributed by atoms with E-state index in [9.17, 15) is 14.7 Å². The van der Waals surface area contributed by atoms with Gasteiger partial charge in [-0.1, -0.05) is 29.8 Å². The molecule has 2 aromatic heterocycles. The predicted octanol–water partition coefficient (Wildman–Crippen LogP) is 2.71. The maximum atomic E-state index is 12.1. The Morgan fingerprint density at radius 2 is 2.13 bits per heavy atom. The number of nitrogens with one attached hydrogen (secondary N) is 1. The van der Waals surface area contributed by atoms with Crippen LogP contribution in [0, 0.1) is 0 Å². The predicted molar refractivity (Wildman–Crippen MR) is 88.2 cm³/mol. The minimum Gasteiger partial charge on any atom is -0.504 e. The molecule has 0 atom stereocenters. The highest BCUT2D eigenvalue weighted by molar-refractivity contribution is 7.26. The van der Waals surface area contributed by atoms with Gasteiger partial charge in [0, 0.05) is 15.5 Å². The molecular weight excluding hydrogens is 340 g/mol. The summed E-state index contributed by atoms with van der Waals surface area (Å²) in [5.74, 6) is -1.56. The van der Waals surface area contributed by atoms with Crippen molar-refractivity contribution in [1.29, 1.82) is 0 Å². The third-order valence-electron chi connectivity index (χ3n) is 3.29. The number of rotatable bonds is 3. The maximum Gasteiger partial charge on any atom is 0.325 e. The van der Waals surface area contributed by atoms with Crippen LogP contribution in [0.1, 0.15) is 10.5 Å². The SMILES string of the molecule is COC(=O)CNC(=O)c1nc(Cl)c2c(sc3ccccc32)c1O. The summed E-state index contributed by atoms with van der Waals surface area (Å²) in [5, 5.41) is 14.3. The van der Waals surface area contributed by atoms with Gasteiger partial charge in [-0.2, -0.15) is 0 Å². The first kappa shape index (κ1) is 15.5. The molecule has 0 saturated heterocycles. The number of nitrogens with zero attached hydrogens (tertiary/aromatic N) is 1.